The van der Waals surface area contributed by atoms with Crippen molar-refractivity contribution >= 4 is 17.6 Å². The third kappa shape index (κ3) is 3.44. The molecular formula is C10H13F3N2O3. The van der Waals surface area contributed by atoms with Crippen LogP contribution in [0.5, 0.6) is 0 Å². The molecule has 0 aliphatic carbocycles. The smallest absolute Gasteiger partial charge is 0.347 e. The molecule has 8 heteroatoms. The molecule has 0 aromatic heterocycles. The summed E-state index contributed by atoms with van der Waals surface area (Å²) in [6.45, 7) is 0.896. The Balaban J connectivity index is 2.67. The van der Waals surface area contributed by atoms with Gasteiger partial charge in [-0.15, -0.1) is 0 Å². The van der Waals surface area contributed by atoms with Crippen molar-refractivity contribution in [3.8, 4) is 0 Å². The van der Waals surface area contributed by atoms with Gasteiger partial charge in [0.2, 0.25) is 5.91 Å². The zero-order chi connectivity index (χ0) is 13.9. The molecule has 1 rings (SSSR count). The minimum absolute atomic E-state index is 0.101. The van der Waals surface area contributed by atoms with Crippen LogP contribution in [0.25, 0.3) is 0 Å². The van der Waals surface area contributed by atoms with Crippen LogP contribution in [0.15, 0.2) is 0 Å². The van der Waals surface area contributed by atoms with E-state index >= 15 is 0 Å². The van der Waals surface area contributed by atoms with Crippen molar-refractivity contribution in [3.63, 3.8) is 0 Å². The Labute approximate surface area is 101 Å². The van der Waals surface area contributed by atoms with Crippen molar-refractivity contribution in [1.29, 1.82) is 0 Å². The molecule has 1 unspecified atom stereocenters. The van der Waals surface area contributed by atoms with Crippen molar-refractivity contribution in [2.45, 2.75) is 32.0 Å². The quantitative estimate of drug-likeness (QED) is 0.796. The Bertz CT molecular complexity index is 368. The highest BCUT2D eigenvalue weighted by Gasteiger charge is 2.47. The Hall–Kier alpha value is -1.60. The fourth-order valence-electron chi connectivity index (χ4n) is 1.77. The molecule has 1 fully saturated rings. The van der Waals surface area contributed by atoms with Gasteiger partial charge in [0.25, 0.3) is 0 Å². The second kappa shape index (κ2) is 5.36. The fourth-order valence-corrected chi connectivity index (χ4v) is 1.77. The number of nitrogens with one attached hydrogen (secondary N) is 1. The maximum Gasteiger partial charge on any atom is 0.471 e. The molecule has 0 aromatic rings. The van der Waals surface area contributed by atoms with E-state index in [4.69, 9.17) is 0 Å². The van der Waals surface area contributed by atoms with Crippen molar-refractivity contribution < 1.29 is 27.6 Å². The highest BCUT2D eigenvalue weighted by molar-refractivity contribution is 5.92. The number of carbonyl (C=O) groups is 3. The van der Waals surface area contributed by atoms with Gasteiger partial charge in [-0.3, -0.25) is 14.4 Å². The second-order valence-corrected chi connectivity index (χ2v) is 4.07. The number of nitrogens with zero attached hydrogens (tertiary/aromatic N) is 1. The van der Waals surface area contributed by atoms with E-state index in [-0.39, 0.29) is 25.3 Å². The van der Waals surface area contributed by atoms with Gasteiger partial charge in [-0.25, -0.2) is 0 Å². The number of rotatable bonds is 3. The second-order valence-electron chi connectivity index (χ2n) is 4.07. The lowest BCUT2D eigenvalue weighted by Crippen LogP contribution is -2.50. The van der Waals surface area contributed by atoms with Crippen LogP contribution in [0.4, 0.5) is 13.2 Å². The molecule has 2 amide bonds. The topological polar surface area (TPSA) is 66.5 Å². The van der Waals surface area contributed by atoms with Crippen LogP contribution >= 0.6 is 0 Å². The molecule has 1 heterocycles. The Morgan fingerprint density at radius 1 is 1.33 bits per heavy atom. The first kappa shape index (κ1) is 14.5. The number of likely N-dealkylation sites (tertiary alicyclic amines) is 1. The van der Waals surface area contributed by atoms with Gasteiger partial charge in [-0.2, -0.15) is 13.2 Å². The molecular weight excluding hydrogens is 253 g/mol. The Morgan fingerprint density at radius 2 is 1.94 bits per heavy atom. The zero-order valence-corrected chi connectivity index (χ0v) is 9.71. The monoisotopic (exact) mass is 266 g/mol. The van der Waals surface area contributed by atoms with E-state index in [1.807, 2.05) is 0 Å². The standard InChI is InChI=1S/C10H13F3N2O3/c1-6(16)5-14-8(17)7-3-2-4-15(7)9(18)10(11,12)13/h7H,2-5H2,1H3,(H,14,17). The summed E-state index contributed by atoms with van der Waals surface area (Å²) in [5.41, 5.74) is 0. The zero-order valence-electron chi connectivity index (χ0n) is 9.71. The minimum Gasteiger partial charge on any atom is -0.347 e. The Kier molecular flexibility index (Phi) is 4.31. The summed E-state index contributed by atoms with van der Waals surface area (Å²) in [4.78, 5) is 33.8. The van der Waals surface area contributed by atoms with Gasteiger partial charge in [-0.1, -0.05) is 0 Å². The average molecular weight is 266 g/mol. The molecule has 102 valence electrons. The summed E-state index contributed by atoms with van der Waals surface area (Å²) >= 11 is 0. The molecule has 0 bridgehead atoms. The number of alkyl halides is 3. The first-order chi connectivity index (χ1) is 8.23. The molecule has 0 saturated carbocycles. The van der Waals surface area contributed by atoms with Crippen LogP contribution in [0.2, 0.25) is 0 Å². The van der Waals surface area contributed by atoms with E-state index in [0.717, 1.165) is 0 Å². The lowest BCUT2D eigenvalue weighted by molar-refractivity contribution is -0.186. The predicted molar refractivity (Wildman–Crippen MR) is 54.5 cm³/mol. The summed E-state index contributed by atoms with van der Waals surface area (Å²) in [5.74, 6) is -3.04. The maximum atomic E-state index is 12.3. The largest absolute Gasteiger partial charge is 0.471 e. The summed E-state index contributed by atoms with van der Waals surface area (Å²) in [5, 5.41) is 2.21. The van der Waals surface area contributed by atoms with E-state index in [2.05, 4.69) is 5.32 Å². The van der Waals surface area contributed by atoms with E-state index in [0.29, 0.717) is 11.3 Å². The molecule has 0 aromatic carbocycles. The van der Waals surface area contributed by atoms with Gasteiger partial charge < -0.3 is 10.2 Å². The van der Waals surface area contributed by atoms with Crippen molar-refractivity contribution in [2.24, 2.45) is 0 Å². The predicted octanol–water partition coefficient (Wildman–Crippen LogP) is 0.245. The number of Topliss-reactive ketones (excluding diaryl/α,β-unsaturated/α-hetero) is 1. The highest BCUT2D eigenvalue weighted by Crippen LogP contribution is 2.25. The summed E-state index contributed by atoms with van der Waals surface area (Å²) < 4.78 is 36.8. The number of hydrogen-bond acceptors (Lipinski definition) is 3. The van der Waals surface area contributed by atoms with Crippen molar-refractivity contribution in [2.75, 3.05) is 13.1 Å². The minimum atomic E-state index is -4.98. The molecule has 1 saturated heterocycles. The number of ketones is 1. The SMILES string of the molecule is CC(=O)CNC(=O)C1CCCN1C(=O)C(F)(F)F. The first-order valence-corrected chi connectivity index (χ1v) is 5.38. The molecule has 1 aliphatic rings. The highest BCUT2D eigenvalue weighted by atomic mass is 19.4. The average Bonchev–Trinajstić information content (AvgIpc) is 2.71. The fraction of sp³-hybridized carbons (Fsp3) is 0.700. The van der Waals surface area contributed by atoms with Crippen LogP contribution in [0, 0.1) is 0 Å². The van der Waals surface area contributed by atoms with Crippen molar-refractivity contribution in [1.82, 2.24) is 10.2 Å². The van der Waals surface area contributed by atoms with Gasteiger partial charge in [-0.05, 0) is 19.8 Å². The van der Waals surface area contributed by atoms with E-state index in [9.17, 15) is 27.6 Å². The molecule has 0 spiro atoms. The number of hydrogen-bond donors (Lipinski definition) is 1. The van der Waals surface area contributed by atoms with E-state index in [1.165, 1.54) is 6.92 Å². The van der Waals surface area contributed by atoms with Gasteiger partial charge in [0, 0.05) is 6.54 Å². The number of amides is 2. The normalized spacial score (nSPS) is 19.8. The van der Waals surface area contributed by atoms with Gasteiger partial charge in [0.1, 0.15) is 11.8 Å². The van der Waals surface area contributed by atoms with Gasteiger partial charge in [0.15, 0.2) is 0 Å². The molecule has 18 heavy (non-hydrogen) atoms. The molecule has 5 nitrogen and oxygen atoms in total. The van der Waals surface area contributed by atoms with Crippen LogP contribution in [0.1, 0.15) is 19.8 Å². The first-order valence-electron chi connectivity index (χ1n) is 5.38. The third-order valence-corrected chi connectivity index (χ3v) is 2.57. The van der Waals surface area contributed by atoms with Crippen LogP contribution < -0.4 is 5.32 Å². The molecule has 1 aliphatic heterocycles. The maximum absolute atomic E-state index is 12.3. The summed E-state index contributed by atoms with van der Waals surface area (Å²) in [6.07, 6.45) is -4.48. The third-order valence-electron chi connectivity index (χ3n) is 2.57. The molecule has 1 N–H and O–H groups in total. The lowest BCUT2D eigenvalue weighted by Gasteiger charge is -2.24. The lowest BCUT2D eigenvalue weighted by atomic mass is 10.2. The van der Waals surface area contributed by atoms with E-state index in [1.54, 1.807) is 0 Å². The molecule has 0 radical (unpaired) electrons. The van der Waals surface area contributed by atoms with Crippen LogP contribution in [-0.4, -0.2) is 47.8 Å². The van der Waals surface area contributed by atoms with Crippen LogP contribution in [0.3, 0.4) is 0 Å². The summed E-state index contributed by atoms with van der Waals surface area (Å²) in [6, 6.07) is -1.14. The van der Waals surface area contributed by atoms with Gasteiger partial charge in [0.05, 0.1) is 6.54 Å². The van der Waals surface area contributed by atoms with Crippen molar-refractivity contribution in [3.05, 3.63) is 0 Å². The van der Waals surface area contributed by atoms with Gasteiger partial charge >= 0.3 is 12.1 Å². The Morgan fingerprint density at radius 3 is 2.44 bits per heavy atom. The van der Waals surface area contributed by atoms with Crippen LogP contribution in [-0.2, 0) is 14.4 Å². The number of halogens is 3. The van der Waals surface area contributed by atoms with E-state index < -0.39 is 24.0 Å². The summed E-state index contributed by atoms with van der Waals surface area (Å²) in [7, 11) is 0. The molecule has 1 atom stereocenters. The number of carbonyl (C=O) groups excluding carboxylic acids is 3.